The van der Waals surface area contributed by atoms with Gasteiger partial charge >= 0.3 is 0 Å². The molecule has 2 rings (SSSR count). The van der Waals surface area contributed by atoms with Crippen LogP contribution in [-0.4, -0.2) is 17.3 Å². The molecule has 0 atom stereocenters. The van der Waals surface area contributed by atoms with Crippen LogP contribution in [0.25, 0.3) is 0 Å². The van der Waals surface area contributed by atoms with Crippen LogP contribution in [0.4, 0.5) is 4.39 Å². The van der Waals surface area contributed by atoms with Gasteiger partial charge in [0.15, 0.2) is 0 Å². The molecule has 0 spiro atoms. The van der Waals surface area contributed by atoms with Gasteiger partial charge in [-0.15, -0.1) is 0 Å². The van der Waals surface area contributed by atoms with Gasteiger partial charge in [-0.1, -0.05) is 19.1 Å². The van der Waals surface area contributed by atoms with Crippen LogP contribution in [-0.2, 0) is 6.54 Å². The largest absolute Gasteiger partial charge is 0.389 e. The Hall–Kier alpha value is -0.930. The lowest BCUT2D eigenvalue weighted by molar-refractivity contribution is -0.00630. The Morgan fingerprint density at radius 1 is 1.28 bits per heavy atom. The van der Waals surface area contributed by atoms with Crippen molar-refractivity contribution in [3.8, 4) is 0 Å². The van der Waals surface area contributed by atoms with E-state index in [9.17, 15) is 9.50 Å². The zero-order valence-corrected chi connectivity index (χ0v) is 11.0. The van der Waals surface area contributed by atoms with E-state index in [1.165, 1.54) is 12.1 Å². The lowest BCUT2D eigenvalue weighted by Crippen LogP contribution is -2.43. The first kappa shape index (κ1) is 13.5. The summed E-state index contributed by atoms with van der Waals surface area (Å²) in [5, 5.41) is 13.7. The smallest absolute Gasteiger partial charge is 0.123 e. The minimum absolute atomic E-state index is 0.210. The van der Waals surface area contributed by atoms with Crippen LogP contribution < -0.4 is 5.32 Å². The van der Waals surface area contributed by atoms with Crippen LogP contribution in [0, 0.1) is 11.7 Å². The fraction of sp³-hybridized carbons (Fsp3) is 0.600. The highest BCUT2D eigenvalue weighted by molar-refractivity contribution is 5.15. The third-order valence-electron chi connectivity index (χ3n) is 3.90. The molecule has 2 nitrogen and oxygen atoms in total. The van der Waals surface area contributed by atoms with Gasteiger partial charge in [-0.3, -0.25) is 0 Å². The zero-order valence-electron chi connectivity index (χ0n) is 11.0. The van der Waals surface area contributed by atoms with E-state index in [-0.39, 0.29) is 5.82 Å². The average Bonchev–Trinajstić information content (AvgIpc) is 2.36. The van der Waals surface area contributed by atoms with Gasteiger partial charge in [0.1, 0.15) is 5.82 Å². The second kappa shape index (κ2) is 5.81. The molecule has 0 radical (unpaired) electrons. The molecule has 0 saturated heterocycles. The van der Waals surface area contributed by atoms with E-state index in [0.717, 1.165) is 37.2 Å². The standard InChI is InChI=1S/C15H22FNO/c1-12-6-8-15(18,9-7-12)11-17-10-13-2-4-14(16)5-3-13/h2-5,12,17-18H,6-11H2,1H3. The molecule has 0 aromatic heterocycles. The molecule has 0 amide bonds. The average molecular weight is 251 g/mol. The first-order chi connectivity index (χ1) is 8.57. The van der Waals surface area contributed by atoms with Gasteiger partial charge < -0.3 is 10.4 Å². The van der Waals surface area contributed by atoms with Crippen molar-refractivity contribution in [2.24, 2.45) is 5.92 Å². The summed E-state index contributed by atoms with van der Waals surface area (Å²) in [6, 6.07) is 6.48. The van der Waals surface area contributed by atoms with Crippen molar-refractivity contribution in [1.82, 2.24) is 5.32 Å². The van der Waals surface area contributed by atoms with Gasteiger partial charge in [0.05, 0.1) is 5.60 Å². The Bertz CT molecular complexity index is 369. The Kier molecular flexibility index (Phi) is 4.36. The van der Waals surface area contributed by atoms with Gasteiger partial charge in [-0.2, -0.15) is 0 Å². The number of halogens is 1. The monoisotopic (exact) mass is 251 g/mol. The molecule has 1 aliphatic carbocycles. The predicted molar refractivity (Wildman–Crippen MR) is 70.7 cm³/mol. The first-order valence-electron chi connectivity index (χ1n) is 6.75. The van der Waals surface area contributed by atoms with Crippen LogP contribution in [0.15, 0.2) is 24.3 Å². The summed E-state index contributed by atoms with van der Waals surface area (Å²) in [4.78, 5) is 0. The summed E-state index contributed by atoms with van der Waals surface area (Å²) in [6.07, 6.45) is 3.97. The molecule has 0 heterocycles. The molecule has 0 aliphatic heterocycles. The second-order valence-electron chi connectivity index (χ2n) is 5.64. The molecule has 1 aromatic carbocycles. The van der Waals surface area contributed by atoms with Gasteiger partial charge in [0.2, 0.25) is 0 Å². The maximum Gasteiger partial charge on any atom is 0.123 e. The molecular formula is C15H22FNO. The molecule has 1 aromatic rings. The molecule has 100 valence electrons. The van der Waals surface area contributed by atoms with E-state index < -0.39 is 5.60 Å². The third kappa shape index (κ3) is 3.79. The lowest BCUT2D eigenvalue weighted by atomic mass is 9.79. The van der Waals surface area contributed by atoms with Gasteiger partial charge in [0, 0.05) is 13.1 Å². The molecule has 1 fully saturated rings. The SMILES string of the molecule is CC1CCC(O)(CNCc2ccc(F)cc2)CC1. The third-order valence-corrected chi connectivity index (χ3v) is 3.90. The van der Waals surface area contributed by atoms with Crippen molar-refractivity contribution in [1.29, 1.82) is 0 Å². The molecular weight excluding hydrogens is 229 g/mol. The maximum atomic E-state index is 12.7. The summed E-state index contributed by atoms with van der Waals surface area (Å²) in [6.45, 7) is 3.54. The summed E-state index contributed by atoms with van der Waals surface area (Å²) in [5.41, 5.74) is 0.496. The fourth-order valence-corrected chi connectivity index (χ4v) is 2.52. The number of aliphatic hydroxyl groups is 1. The topological polar surface area (TPSA) is 32.3 Å². The van der Waals surface area contributed by atoms with E-state index in [2.05, 4.69) is 12.2 Å². The Labute approximate surface area is 108 Å². The van der Waals surface area contributed by atoms with Crippen LogP contribution in [0.5, 0.6) is 0 Å². The number of nitrogens with one attached hydrogen (secondary N) is 1. The number of benzene rings is 1. The second-order valence-corrected chi connectivity index (χ2v) is 5.64. The molecule has 0 unspecified atom stereocenters. The Balaban J connectivity index is 1.76. The van der Waals surface area contributed by atoms with Crippen LogP contribution in [0.1, 0.15) is 38.2 Å². The van der Waals surface area contributed by atoms with Crippen molar-refractivity contribution < 1.29 is 9.50 Å². The van der Waals surface area contributed by atoms with Crippen LogP contribution in [0.3, 0.4) is 0 Å². The van der Waals surface area contributed by atoms with Crippen molar-refractivity contribution in [3.05, 3.63) is 35.6 Å². The number of hydrogen-bond donors (Lipinski definition) is 2. The highest BCUT2D eigenvalue weighted by atomic mass is 19.1. The summed E-state index contributed by atoms with van der Waals surface area (Å²) >= 11 is 0. The molecule has 3 heteroatoms. The highest BCUT2D eigenvalue weighted by Gasteiger charge is 2.31. The number of rotatable bonds is 4. The Morgan fingerprint density at radius 3 is 2.50 bits per heavy atom. The van der Waals surface area contributed by atoms with E-state index in [1.54, 1.807) is 12.1 Å². The van der Waals surface area contributed by atoms with Gasteiger partial charge in [0.25, 0.3) is 0 Å². The molecule has 18 heavy (non-hydrogen) atoms. The van der Waals surface area contributed by atoms with E-state index in [0.29, 0.717) is 13.1 Å². The van der Waals surface area contributed by atoms with Crippen LogP contribution in [0.2, 0.25) is 0 Å². The van der Waals surface area contributed by atoms with Gasteiger partial charge in [-0.05, 0) is 49.3 Å². The Morgan fingerprint density at radius 2 is 1.89 bits per heavy atom. The summed E-state index contributed by atoms with van der Waals surface area (Å²) < 4.78 is 12.7. The first-order valence-corrected chi connectivity index (χ1v) is 6.75. The molecule has 2 N–H and O–H groups in total. The van der Waals surface area contributed by atoms with E-state index in [4.69, 9.17) is 0 Å². The zero-order chi connectivity index (χ0) is 13.0. The quantitative estimate of drug-likeness (QED) is 0.862. The van der Waals surface area contributed by atoms with E-state index in [1.807, 2.05) is 0 Å². The van der Waals surface area contributed by atoms with Gasteiger partial charge in [-0.25, -0.2) is 4.39 Å². The normalized spacial score (nSPS) is 28.3. The molecule has 1 saturated carbocycles. The molecule has 0 bridgehead atoms. The summed E-state index contributed by atoms with van der Waals surface area (Å²) in [5.74, 6) is 0.529. The minimum Gasteiger partial charge on any atom is -0.389 e. The van der Waals surface area contributed by atoms with Crippen molar-refractivity contribution in [2.45, 2.75) is 44.8 Å². The van der Waals surface area contributed by atoms with Crippen molar-refractivity contribution in [3.63, 3.8) is 0 Å². The highest BCUT2D eigenvalue weighted by Crippen LogP contribution is 2.31. The van der Waals surface area contributed by atoms with E-state index >= 15 is 0 Å². The predicted octanol–water partition coefficient (Wildman–Crippen LogP) is 2.86. The lowest BCUT2D eigenvalue weighted by Gasteiger charge is -2.35. The van der Waals surface area contributed by atoms with Crippen LogP contribution >= 0.6 is 0 Å². The maximum absolute atomic E-state index is 12.7. The van der Waals surface area contributed by atoms with Crippen molar-refractivity contribution >= 4 is 0 Å². The minimum atomic E-state index is -0.549. The molecule has 1 aliphatic rings. The number of hydrogen-bond acceptors (Lipinski definition) is 2. The summed E-state index contributed by atoms with van der Waals surface area (Å²) in [7, 11) is 0. The fourth-order valence-electron chi connectivity index (χ4n) is 2.52. The van der Waals surface area contributed by atoms with Crippen molar-refractivity contribution in [2.75, 3.05) is 6.54 Å².